The maximum absolute atomic E-state index is 13.0. The van der Waals surface area contributed by atoms with Crippen molar-refractivity contribution in [2.45, 2.75) is 33.1 Å². The van der Waals surface area contributed by atoms with Crippen molar-refractivity contribution in [2.75, 3.05) is 16.0 Å². The largest absolute Gasteiger partial charge is 0.326 e. The van der Waals surface area contributed by atoms with Crippen LogP contribution in [-0.4, -0.2) is 21.8 Å². The van der Waals surface area contributed by atoms with E-state index in [0.29, 0.717) is 5.69 Å². The molecule has 0 fully saturated rings. The van der Waals surface area contributed by atoms with Crippen molar-refractivity contribution in [2.24, 2.45) is 0 Å². The third-order valence-electron chi connectivity index (χ3n) is 5.07. The zero-order chi connectivity index (χ0) is 22.1. The van der Waals surface area contributed by atoms with Crippen molar-refractivity contribution in [3.05, 3.63) is 75.1 Å². The van der Waals surface area contributed by atoms with Gasteiger partial charge in [0.15, 0.2) is 0 Å². The first kappa shape index (κ1) is 20.3. The maximum Gasteiger partial charge on any atom is 0.258 e. The molecule has 0 saturated heterocycles. The second-order valence-electron chi connectivity index (χ2n) is 7.84. The van der Waals surface area contributed by atoms with Gasteiger partial charge < -0.3 is 16.0 Å². The number of aromatic nitrogens is 2. The minimum absolute atomic E-state index is 0.0928. The predicted octanol–water partition coefficient (Wildman–Crippen LogP) is 3.50. The Hall–Kier alpha value is -3.94. The van der Waals surface area contributed by atoms with Gasteiger partial charge in [0.25, 0.3) is 5.56 Å². The van der Waals surface area contributed by atoms with Gasteiger partial charge in [-0.05, 0) is 56.2 Å². The molecule has 8 nitrogen and oxygen atoms in total. The number of nitrogens with zero attached hydrogens (tertiary/aromatic N) is 1. The monoisotopic (exact) mass is 417 g/mol. The SMILES string of the molecule is Cc1ccc(Nc2nc3c(c(=O)[nH]2)C(C(=O)Nc2cc(C)cc(C)c2)CC(=O)N3)cc1. The summed E-state index contributed by atoms with van der Waals surface area (Å²) in [4.78, 5) is 45.1. The number of H-pyrrole nitrogens is 1. The van der Waals surface area contributed by atoms with Crippen LogP contribution in [0.2, 0.25) is 0 Å². The number of hydrogen-bond acceptors (Lipinski definition) is 5. The number of fused-ring (bicyclic) bond motifs is 1. The average molecular weight is 417 g/mol. The Morgan fingerprint density at radius 1 is 0.968 bits per heavy atom. The van der Waals surface area contributed by atoms with E-state index in [1.807, 2.05) is 63.2 Å². The molecule has 1 unspecified atom stereocenters. The fourth-order valence-corrected chi connectivity index (χ4v) is 3.70. The van der Waals surface area contributed by atoms with Crippen molar-refractivity contribution in [3.8, 4) is 0 Å². The van der Waals surface area contributed by atoms with E-state index >= 15 is 0 Å². The number of carbonyl (C=O) groups is 2. The molecule has 0 saturated carbocycles. The van der Waals surface area contributed by atoms with Crippen LogP contribution in [0.15, 0.2) is 47.3 Å². The highest BCUT2D eigenvalue weighted by atomic mass is 16.2. The Kier molecular flexibility index (Phi) is 5.29. The number of rotatable bonds is 4. The minimum atomic E-state index is -0.936. The molecule has 1 aliphatic rings. The first-order valence-corrected chi connectivity index (χ1v) is 9.95. The number of hydrogen-bond donors (Lipinski definition) is 4. The van der Waals surface area contributed by atoms with E-state index in [9.17, 15) is 14.4 Å². The van der Waals surface area contributed by atoms with Gasteiger partial charge in [-0.15, -0.1) is 0 Å². The molecule has 0 spiro atoms. The lowest BCUT2D eigenvalue weighted by atomic mass is 9.92. The first-order valence-electron chi connectivity index (χ1n) is 9.95. The number of carbonyl (C=O) groups excluding carboxylic acids is 2. The van der Waals surface area contributed by atoms with Crippen LogP contribution >= 0.6 is 0 Å². The van der Waals surface area contributed by atoms with E-state index in [1.54, 1.807) is 0 Å². The summed E-state index contributed by atoms with van der Waals surface area (Å²) in [5.74, 6) is -1.45. The number of nitrogens with one attached hydrogen (secondary N) is 4. The quantitative estimate of drug-likeness (QED) is 0.518. The summed E-state index contributed by atoms with van der Waals surface area (Å²) < 4.78 is 0. The topological polar surface area (TPSA) is 116 Å². The number of aromatic amines is 1. The second kappa shape index (κ2) is 8.06. The molecule has 31 heavy (non-hydrogen) atoms. The van der Waals surface area contributed by atoms with Gasteiger partial charge >= 0.3 is 0 Å². The highest BCUT2D eigenvalue weighted by Gasteiger charge is 2.34. The maximum atomic E-state index is 13.0. The van der Waals surface area contributed by atoms with Gasteiger partial charge in [-0.1, -0.05) is 23.8 Å². The van der Waals surface area contributed by atoms with Crippen LogP contribution in [0.25, 0.3) is 0 Å². The third-order valence-corrected chi connectivity index (χ3v) is 5.07. The summed E-state index contributed by atoms with van der Waals surface area (Å²) in [7, 11) is 0. The van der Waals surface area contributed by atoms with Crippen molar-refractivity contribution < 1.29 is 9.59 Å². The molecule has 0 bridgehead atoms. The molecule has 0 aliphatic carbocycles. The standard InChI is InChI=1S/C23H23N5O3/c1-12-4-6-15(7-5-12)25-23-27-20-19(22(31)28-23)17(11-18(29)26-20)21(30)24-16-9-13(2)8-14(3)10-16/h4-10,17H,11H2,1-3H3,(H,24,30)(H3,25,26,27,28,29,31). The van der Waals surface area contributed by atoms with Crippen molar-refractivity contribution in [1.82, 2.24) is 9.97 Å². The number of amides is 2. The number of benzene rings is 2. The molecule has 2 aromatic carbocycles. The van der Waals surface area contributed by atoms with E-state index in [0.717, 1.165) is 22.4 Å². The molecule has 4 rings (SSSR count). The summed E-state index contributed by atoms with van der Waals surface area (Å²) in [5.41, 5.74) is 4.14. The highest BCUT2D eigenvalue weighted by molar-refractivity contribution is 6.04. The molecule has 1 atom stereocenters. The minimum Gasteiger partial charge on any atom is -0.326 e. The van der Waals surface area contributed by atoms with E-state index in [-0.39, 0.29) is 29.7 Å². The molecule has 158 valence electrons. The molecule has 4 N–H and O–H groups in total. The van der Waals surface area contributed by atoms with Crippen LogP contribution in [0.4, 0.5) is 23.1 Å². The Labute approximate surface area is 179 Å². The smallest absolute Gasteiger partial charge is 0.258 e. The Bertz CT molecular complexity index is 1210. The van der Waals surface area contributed by atoms with Gasteiger partial charge in [0.05, 0.1) is 11.5 Å². The average Bonchev–Trinajstić information content (AvgIpc) is 2.68. The summed E-state index contributed by atoms with van der Waals surface area (Å²) in [6.45, 7) is 5.84. The van der Waals surface area contributed by atoms with E-state index in [2.05, 4.69) is 25.9 Å². The molecule has 3 aromatic rings. The second-order valence-corrected chi connectivity index (χ2v) is 7.84. The van der Waals surface area contributed by atoms with Crippen LogP contribution in [0.5, 0.6) is 0 Å². The Morgan fingerprint density at radius 2 is 1.65 bits per heavy atom. The van der Waals surface area contributed by atoms with Crippen LogP contribution in [0, 0.1) is 20.8 Å². The molecular formula is C23H23N5O3. The molecule has 1 aliphatic heterocycles. The summed E-state index contributed by atoms with van der Waals surface area (Å²) in [5, 5.41) is 8.45. The molecule has 2 heterocycles. The number of aryl methyl sites for hydroxylation is 3. The summed E-state index contributed by atoms with van der Waals surface area (Å²) in [6, 6.07) is 13.2. The highest BCUT2D eigenvalue weighted by Crippen LogP contribution is 2.30. The van der Waals surface area contributed by atoms with Crippen molar-refractivity contribution in [1.29, 1.82) is 0 Å². The Balaban J connectivity index is 1.64. The van der Waals surface area contributed by atoms with Crippen LogP contribution < -0.4 is 21.5 Å². The normalized spacial score (nSPS) is 15.1. The van der Waals surface area contributed by atoms with Gasteiger partial charge in [-0.2, -0.15) is 4.98 Å². The molecule has 2 amide bonds. The third kappa shape index (κ3) is 4.48. The van der Waals surface area contributed by atoms with Gasteiger partial charge in [0, 0.05) is 17.8 Å². The fourth-order valence-electron chi connectivity index (χ4n) is 3.70. The molecule has 8 heteroatoms. The lowest BCUT2D eigenvalue weighted by Gasteiger charge is -2.24. The molecule has 1 aromatic heterocycles. The van der Waals surface area contributed by atoms with Crippen LogP contribution in [-0.2, 0) is 9.59 Å². The van der Waals surface area contributed by atoms with Crippen molar-refractivity contribution >= 4 is 35.0 Å². The zero-order valence-corrected chi connectivity index (χ0v) is 17.5. The van der Waals surface area contributed by atoms with Gasteiger partial charge in [-0.25, -0.2) is 0 Å². The van der Waals surface area contributed by atoms with Gasteiger partial charge in [0.2, 0.25) is 17.8 Å². The van der Waals surface area contributed by atoms with Crippen LogP contribution in [0.3, 0.4) is 0 Å². The summed E-state index contributed by atoms with van der Waals surface area (Å²) >= 11 is 0. The van der Waals surface area contributed by atoms with E-state index in [1.165, 1.54) is 0 Å². The van der Waals surface area contributed by atoms with E-state index < -0.39 is 17.4 Å². The number of anilines is 4. The lowest BCUT2D eigenvalue weighted by Crippen LogP contribution is -2.36. The van der Waals surface area contributed by atoms with Crippen molar-refractivity contribution in [3.63, 3.8) is 0 Å². The zero-order valence-electron chi connectivity index (χ0n) is 17.5. The Morgan fingerprint density at radius 3 is 2.32 bits per heavy atom. The summed E-state index contributed by atoms with van der Waals surface area (Å²) in [6.07, 6.45) is -0.126. The molecular weight excluding hydrogens is 394 g/mol. The first-order chi connectivity index (χ1) is 14.8. The predicted molar refractivity (Wildman–Crippen MR) is 120 cm³/mol. The fraction of sp³-hybridized carbons (Fsp3) is 0.217. The lowest BCUT2D eigenvalue weighted by molar-refractivity contribution is -0.123. The van der Waals surface area contributed by atoms with Gasteiger partial charge in [-0.3, -0.25) is 19.4 Å². The molecule has 0 radical (unpaired) electrons. The van der Waals surface area contributed by atoms with Crippen LogP contribution in [0.1, 0.15) is 34.6 Å². The van der Waals surface area contributed by atoms with E-state index in [4.69, 9.17) is 0 Å². The van der Waals surface area contributed by atoms with Gasteiger partial charge in [0.1, 0.15) is 5.82 Å².